The van der Waals surface area contributed by atoms with Crippen LogP contribution in [0, 0.1) is 11.3 Å². The van der Waals surface area contributed by atoms with Gasteiger partial charge >= 0.3 is 5.97 Å². The monoisotopic (exact) mass is 368 g/mol. The van der Waals surface area contributed by atoms with E-state index in [1.54, 1.807) is 43.5 Å². The third kappa shape index (κ3) is 6.36. The van der Waals surface area contributed by atoms with Crippen LogP contribution in [-0.2, 0) is 20.9 Å². The summed E-state index contributed by atoms with van der Waals surface area (Å²) in [5.74, 6) is 0.0985. The Labute approximate surface area is 157 Å². The zero-order valence-electron chi connectivity index (χ0n) is 15.1. The van der Waals surface area contributed by atoms with E-state index in [4.69, 9.17) is 19.5 Å². The molecule has 1 amide bonds. The Morgan fingerprint density at radius 1 is 1.07 bits per heavy atom. The van der Waals surface area contributed by atoms with E-state index in [1.807, 2.05) is 18.2 Å². The van der Waals surface area contributed by atoms with Gasteiger partial charge in [0, 0.05) is 6.54 Å². The van der Waals surface area contributed by atoms with Crippen LogP contribution in [0.25, 0.3) is 0 Å². The van der Waals surface area contributed by atoms with Crippen LogP contribution >= 0.6 is 0 Å². The molecule has 0 bridgehead atoms. The van der Waals surface area contributed by atoms with Crippen molar-refractivity contribution in [2.45, 2.75) is 19.6 Å². The maximum absolute atomic E-state index is 11.9. The van der Waals surface area contributed by atoms with Gasteiger partial charge in [-0.3, -0.25) is 4.79 Å². The molecule has 1 atom stereocenters. The van der Waals surface area contributed by atoms with Crippen LogP contribution in [0.4, 0.5) is 0 Å². The molecule has 0 unspecified atom stereocenters. The minimum absolute atomic E-state index is 0.317. The van der Waals surface area contributed by atoms with Crippen molar-refractivity contribution in [1.82, 2.24) is 5.32 Å². The highest BCUT2D eigenvalue weighted by atomic mass is 16.6. The van der Waals surface area contributed by atoms with Crippen molar-refractivity contribution in [2.24, 2.45) is 0 Å². The standard InChI is InChI=1S/C20H20N2O5/c1-14(27-18-9-3-15(11-21)4-10-18)20(24)26-13-19(23)22-12-16-5-7-17(25-2)8-6-16/h3-10,14H,12-13H2,1-2H3,(H,22,23)/t14-/m0/s1. The molecule has 0 aliphatic heterocycles. The van der Waals surface area contributed by atoms with Gasteiger partial charge in [-0.1, -0.05) is 12.1 Å². The van der Waals surface area contributed by atoms with Gasteiger partial charge in [0.15, 0.2) is 12.7 Å². The molecule has 0 aromatic heterocycles. The lowest BCUT2D eigenvalue weighted by molar-refractivity contribution is -0.154. The molecule has 0 radical (unpaired) electrons. The molecule has 0 heterocycles. The summed E-state index contributed by atoms with van der Waals surface area (Å²) in [5.41, 5.74) is 1.39. The molecular formula is C20H20N2O5. The zero-order chi connectivity index (χ0) is 19.6. The van der Waals surface area contributed by atoms with Crippen LogP contribution in [0.2, 0.25) is 0 Å². The highest BCUT2D eigenvalue weighted by Crippen LogP contribution is 2.14. The molecule has 2 aromatic rings. The topological polar surface area (TPSA) is 97.7 Å². The lowest BCUT2D eigenvalue weighted by Gasteiger charge is -2.14. The van der Waals surface area contributed by atoms with Gasteiger partial charge in [-0.05, 0) is 48.9 Å². The van der Waals surface area contributed by atoms with Crippen LogP contribution < -0.4 is 14.8 Å². The number of amides is 1. The lowest BCUT2D eigenvalue weighted by Crippen LogP contribution is -2.32. The Morgan fingerprint density at radius 3 is 2.30 bits per heavy atom. The number of nitrogens with one attached hydrogen (secondary N) is 1. The highest BCUT2D eigenvalue weighted by molar-refractivity contribution is 5.82. The van der Waals surface area contributed by atoms with E-state index in [2.05, 4.69) is 5.32 Å². The molecule has 0 aliphatic rings. The molecular weight excluding hydrogens is 348 g/mol. The normalized spacial score (nSPS) is 11.0. The average Bonchev–Trinajstić information content (AvgIpc) is 2.71. The Balaban J connectivity index is 1.72. The SMILES string of the molecule is COc1ccc(CNC(=O)COC(=O)[C@H](C)Oc2ccc(C#N)cc2)cc1. The van der Waals surface area contributed by atoms with Crippen molar-refractivity contribution in [3.05, 3.63) is 59.7 Å². The zero-order valence-corrected chi connectivity index (χ0v) is 15.1. The van der Waals surface area contributed by atoms with Crippen molar-refractivity contribution >= 4 is 11.9 Å². The number of benzene rings is 2. The minimum Gasteiger partial charge on any atom is -0.497 e. The average molecular weight is 368 g/mol. The molecule has 0 saturated heterocycles. The first-order chi connectivity index (χ1) is 13.0. The summed E-state index contributed by atoms with van der Waals surface area (Å²) in [6.07, 6.45) is -0.882. The van der Waals surface area contributed by atoms with E-state index in [1.165, 1.54) is 6.92 Å². The van der Waals surface area contributed by atoms with Crippen LogP contribution in [0.1, 0.15) is 18.1 Å². The molecule has 0 aliphatic carbocycles. The molecule has 140 valence electrons. The van der Waals surface area contributed by atoms with Crippen molar-refractivity contribution in [1.29, 1.82) is 5.26 Å². The number of nitriles is 1. The highest BCUT2D eigenvalue weighted by Gasteiger charge is 2.17. The van der Waals surface area contributed by atoms with Gasteiger partial charge in [0.25, 0.3) is 5.91 Å². The molecule has 2 rings (SSSR count). The van der Waals surface area contributed by atoms with Crippen molar-refractivity contribution in [3.8, 4) is 17.6 Å². The van der Waals surface area contributed by atoms with E-state index in [0.29, 0.717) is 17.9 Å². The molecule has 2 aromatic carbocycles. The minimum atomic E-state index is -0.882. The largest absolute Gasteiger partial charge is 0.497 e. The first-order valence-electron chi connectivity index (χ1n) is 8.25. The Bertz CT molecular complexity index is 810. The van der Waals surface area contributed by atoms with Gasteiger partial charge in [-0.15, -0.1) is 0 Å². The quantitative estimate of drug-likeness (QED) is 0.718. The summed E-state index contributed by atoms with van der Waals surface area (Å²) in [6, 6.07) is 15.6. The second-order valence-corrected chi connectivity index (χ2v) is 5.63. The van der Waals surface area contributed by atoms with E-state index >= 15 is 0 Å². The van der Waals surface area contributed by atoms with Crippen molar-refractivity contribution in [3.63, 3.8) is 0 Å². The van der Waals surface area contributed by atoms with Crippen LogP contribution in [0.15, 0.2) is 48.5 Å². The van der Waals surface area contributed by atoms with Gasteiger partial charge in [-0.2, -0.15) is 5.26 Å². The Kier molecular flexibility index (Phi) is 7.20. The molecule has 0 spiro atoms. The summed E-state index contributed by atoms with van der Waals surface area (Å²) in [4.78, 5) is 23.7. The summed E-state index contributed by atoms with van der Waals surface area (Å²) < 4.78 is 15.5. The first-order valence-corrected chi connectivity index (χ1v) is 8.25. The molecule has 7 heteroatoms. The van der Waals surface area contributed by atoms with Crippen LogP contribution in [0.3, 0.4) is 0 Å². The van der Waals surface area contributed by atoms with E-state index in [9.17, 15) is 9.59 Å². The number of hydrogen-bond donors (Lipinski definition) is 1. The summed E-state index contributed by atoms with van der Waals surface area (Å²) in [7, 11) is 1.58. The number of rotatable bonds is 8. The fraction of sp³-hybridized carbons (Fsp3) is 0.250. The van der Waals surface area contributed by atoms with E-state index < -0.39 is 24.6 Å². The molecule has 27 heavy (non-hydrogen) atoms. The number of hydrogen-bond acceptors (Lipinski definition) is 6. The maximum Gasteiger partial charge on any atom is 0.347 e. The second kappa shape index (κ2) is 9.82. The second-order valence-electron chi connectivity index (χ2n) is 5.63. The van der Waals surface area contributed by atoms with Crippen LogP contribution in [0.5, 0.6) is 11.5 Å². The van der Waals surface area contributed by atoms with Gasteiger partial charge < -0.3 is 19.5 Å². The summed E-state index contributed by atoms with van der Waals surface area (Å²) in [5, 5.41) is 11.4. The number of esters is 1. The van der Waals surface area contributed by atoms with Crippen LogP contribution in [-0.4, -0.2) is 31.7 Å². The molecule has 0 fully saturated rings. The number of carbonyl (C=O) groups excluding carboxylic acids is 2. The number of methoxy groups -OCH3 is 1. The smallest absolute Gasteiger partial charge is 0.347 e. The predicted molar refractivity (Wildman–Crippen MR) is 97.0 cm³/mol. The fourth-order valence-corrected chi connectivity index (χ4v) is 2.11. The van der Waals surface area contributed by atoms with Gasteiger partial charge in [-0.25, -0.2) is 4.79 Å². The number of nitrogens with zero attached hydrogens (tertiary/aromatic N) is 1. The first kappa shape index (κ1) is 19.8. The van der Waals surface area contributed by atoms with E-state index in [-0.39, 0.29) is 0 Å². The Morgan fingerprint density at radius 2 is 1.70 bits per heavy atom. The third-order valence-electron chi connectivity index (χ3n) is 3.62. The van der Waals surface area contributed by atoms with Gasteiger partial charge in [0.2, 0.25) is 0 Å². The summed E-state index contributed by atoms with van der Waals surface area (Å²) in [6.45, 7) is 1.45. The van der Waals surface area contributed by atoms with E-state index in [0.717, 1.165) is 11.3 Å². The lowest BCUT2D eigenvalue weighted by atomic mass is 10.2. The molecule has 1 N–H and O–H groups in total. The third-order valence-corrected chi connectivity index (χ3v) is 3.62. The Hall–Kier alpha value is -3.53. The number of carbonyl (C=O) groups is 2. The van der Waals surface area contributed by atoms with Crippen molar-refractivity contribution < 1.29 is 23.8 Å². The van der Waals surface area contributed by atoms with Gasteiger partial charge in [0.1, 0.15) is 11.5 Å². The number of ether oxygens (including phenoxy) is 3. The van der Waals surface area contributed by atoms with Gasteiger partial charge in [0.05, 0.1) is 18.7 Å². The van der Waals surface area contributed by atoms with Crippen molar-refractivity contribution in [2.75, 3.05) is 13.7 Å². The maximum atomic E-state index is 11.9. The fourth-order valence-electron chi connectivity index (χ4n) is 2.11. The predicted octanol–water partition coefficient (Wildman–Crippen LogP) is 2.19. The molecule has 0 saturated carbocycles. The molecule has 7 nitrogen and oxygen atoms in total. The summed E-state index contributed by atoms with van der Waals surface area (Å²) >= 11 is 0.